The van der Waals surface area contributed by atoms with Gasteiger partial charge in [0.2, 0.25) is 5.91 Å². The lowest BCUT2D eigenvalue weighted by Gasteiger charge is -2.70. The quantitative estimate of drug-likeness (QED) is 0.496. The van der Waals surface area contributed by atoms with Crippen molar-refractivity contribution in [3.8, 4) is 5.75 Å². The molecule has 0 spiro atoms. The van der Waals surface area contributed by atoms with E-state index in [0.717, 1.165) is 11.6 Å². The number of amides is 2. The van der Waals surface area contributed by atoms with Crippen molar-refractivity contribution in [2.45, 2.75) is 36.9 Å². The number of esters is 1. The van der Waals surface area contributed by atoms with Gasteiger partial charge in [0.25, 0.3) is 5.91 Å². The van der Waals surface area contributed by atoms with E-state index in [1.165, 1.54) is 19.2 Å². The van der Waals surface area contributed by atoms with Crippen LogP contribution in [0.15, 0.2) is 42.5 Å². The maximum Gasteiger partial charge on any atom is 0.337 e. The Bertz CT molecular complexity index is 1100. The summed E-state index contributed by atoms with van der Waals surface area (Å²) < 4.78 is 28.9. The monoisotopic (exact) mass is 490 g/mol. The van der Waals surface area contributed by atoms with Crippen molar-refractivity contribution >= 4 is 29.4 Å². The second-order valence-corrected chi connectivity index (χ2v) is 9.14. The third-order valence-corrected chi connectivity index (χ3v) is 6.26. The normalized spacial score (nSPS) is 22.1. The van der Waals surface area contributed by atoms with E-state index in [4.69, 9.17) is 25.8 Å². The van der Waals surface area contributed by atoms with Crippen molar-refractivity contribution in [2.75, 3.05) is 20.3 Å². The van der Waals surface area contributed by atoms with E-state index in [1.54, 1.807) is 24.3 Å². The van der Waals surface area contributed by atoms with E-state index in [9.17, 15) is 18.8 Å². The number of ether oxygens (including phenoxy) is 3. The molecule has 2 amide bonds. The first-order valence-electron chi connectivity index (χ1n) is 10.7. The lowest BCUT2D eigenvalue weighted by Crippen LogP contribution is -2.84. The summed E-state index contributed by atoms with van der Waals surface area (Å²) in [4.78, 5) is 36.1. The fourth-order valence-electron chi connectivity index (χ4n) is 4.60. The van der Waals surface area contributed by atoms with E-state index in [-0.39, 0.29) is 53.5 Å². The summed E-state index contributed by atoms with van der Waals surface area (Å²) in [6.07, 6.45) is 1.90. The molecule has 3 saturated carbocycles. The maximum absolute atomic E-state index is 13.4. The predicted molar refractivity (Wildman–Crippen MR) is 120 cm³/mol. The van der Waals surface area contributed by atoms with Crippen LogP contribution in [0, 0.1) is 5.82 Å². The summed E-state index contributed by atoms with van der Waals surface area (Å²) in [6, 6.07) is 10.8. The first-order valence-corrected chi connectivity index (χ1v) is 11.0. The standard InChI is InChI=1S/C24H24ClFN2O6/c1-32-22(31)16-4-2-3-15(7-16)9-33-10-20(29)27-23-12-24(13-23,14-23)28-21(30)11-34-17-5-6-18(25)19(26)8-17/h2-8H,9-14H2,1H3,(H,27,29)(H,28,30). The molecular weight excluding hydrogens is 467 g/mol. The number of rotatable bonds is 10. The van der Waals surface area contributed by atoms with Crippen LogP contribution < -0.4 is 15.4 Å². The highest BCUT2D eigenvalue weighted by molar-refractivity contribution is 6.30. The molecule has 2 aromatic rings. The van der Waals surface area contributed by atoms with E-state index >= 15 is 0 Å². The van der Waals surface area contributed by atoms with Crippen molar-refractivity contribution in [2.24, 2.45) is 0 Å². The Kier molecular flexibility index (Phi) is 6.77. The molecule has 3 aliphatic rings. The van der Waals surface area contributed by atoms with Crippen molar-refractivity contribution < 1.29 is 33.0 Å². The zero-order valence-corrected chi connectivity index (χ0v) is 19.2. The third kappa shape index (κ3) is 5.31. The minimum atomic E-state index is -0.615. The first kappa shape index (κ1) is 24.0. The molecule has 0 saturated heterocycles. The van der Waals surface area contributed by atoms with Crippen LogP contribution in [0.1, 0.15) is 35.2 Å². The van der Waals surface area contributed by atoms with Gasteiger partial charge < -0.3 is 24.8 Å². The Labute approximate surface area is 200 Å². The first-order chi connectivity index (χ1) is 16.2. The second kappa shape index (κ2) is 9.60. The Hall–Kier alpha value is -3.17. The summed E-state index contributed by atoms with van der Waals surface area (Å²) in [7, 11) is 1.31. The zero-order chi connectivity index (χ0) is 24.3. The van der Waals surface area contributed by atoms with Crippen LogP contribution in [-0.2, 0) is 25.7 Å². The highest BCUT2D eigenvalue weighted by Crippen LogP contribution is 2.60. The van der Waals surface area contributed by atoms with Gasteiger partial charge in [-0.2, -0.15) is 0 Å². The molecule has 0 atom stereocenters. The molecule has 0 aliphatic heterocycles. The Morgan fingerprint density at radius 2 is 1.68 bits per heavy atom. The molecule has 3 fully saturated rings. The lowest BCUT2D eigenvalue weighted by atomic mass is 9.44. The SMILES string of the molecule is COC(=O)c1cccc(COCC(=O)NC23CC(NC(=O)COc4ccc(Cl)c(F)c4)(C2)C3)c1. The third-order valence-electron chi connectivity index (χ3n) is 5.95. The molecule has 0 radical (unpaired) electrons. The van der Waals surface area contributed by atoms with Gasteiger partial charge in [-0.1, -0.05) is 23.7 Å². The van der Waals surface area contributed by atoms with Crippen molar-refractivity contribution in [3.63, 3.8) is 0 Å². The Balaban J connectivity index is 1.14. The van der Waals surface area contributed by atoms with Crippen molar-refractivity contribution in [3.05, 3.63) is 64.4 Å². The van der Waals surface area contributed by atoms with E-state index < -0.39 is 11.8 Å². The van der Waals surface area contributed by atoms with Crippen LogP contribution in [0.4, 0.5) is 4.39 Å². The number of hydrogen-bond acceptors (Lipinski definition) is 6. The molecule has 0 heterocycles. The molecule has 2 N–H and O–H groups in total. The predicted octanol–water partition coefficient (Wildman–Crippen LogP) is 2.77. The van der Waals surface area contributed by atoms with Gasteiger partial charge in [-0.05, 0) is 49.1 Å². The molecule has 8 nitrogen and oxygen atoms in total. The molecule has 2 aromatic carbocycles. The summed E-state index contributed by atoms with van der Waals surface area (Å²) in [5.41, 5.74) is 0.513. The fraction of sp³-hybridized carbons (Fsp3) is 0.375. The molecule has 0 aromatic heterocycles. The topological polar surface area (TPSA) is 103 Å². The van der Waals surface area contributed by atoms with Crippen LogP contribution in [0.3, 0.4) is 0 Å². The number of halogens is 2. The second-order valence-electron chi connectivity index (χ2n) is 8.74. The van der Waals surface area contributed by atoms with E-state index in [2.05, 4.69) is 10.6 Å². The number of methoxy groups -OCH3 is 1. The minimum absolute atomic E-state index is 0.0174. The average molecular weight is 491 g/mol. The number of nitrogens with one attached hydrogen (secondary N) is 2. The van der Waals surface area contributed by atoms with Crippen LogP contribution >= 0.6 is 11.6 Å². The number of carbonyl (C=O) groups is 3. The van der Waals surface area contributed by atoms with Crippen LogP contribution in [-0.4, -0.2) is 49.2 Å². The minimum Gasteiger partial charge on any atom is -0.484 e. The molecule has 180 valence electrons. The summed E-state index contributed by atoms with van der Waals surface area (Å²) in [5.74, 6) is -1.38. The van der Waals surface area contributed by atoms with E-state index in [1.807, 2.05) is 0 Å². The fourth-order valence-corrected chi connectivity index (χ4v) is 4.72. The molecule has 5 rings (SSSR count). The van der Waals surface area contributed by atoms with Gasteiger partial charge in [0.05, 0.1) is 24.3 Å². The molecule has 34 heavy (non-hydrogen) atoms. The molecular formula is C24H24ClFN2O6. The zero-order valence-electron chi connectivity index (χ0n) is 18.5. The van der Waals surface area contributed by atoms with Gasteiger partial charge >= 0.3 is 5.97 Å². The largest absolute Gasteiger partial charge is 0.484 e. The van der Waals surface area contributed by atoms with Gasteiger partial charge in [-0.25, -0.2) is 9.18 Å². The maximum atomic E-state index is 13.4. The number of carbonyl (C=O) groups excluding carboxylic acids is 3. The molecule has 10 heteroatoms. The van der Waals surface area contributed by atoms with E-state index in [0.29, 0.717) is 24.8 Å². The highest BCUT2D eigenvalue weighted by atomic mass is 35.5. The van der Waals surface area contributed by atoms with Gasteiger partial charge in [0.15, 0.2) is 6.61 Å². The molecule has 0 unspecified atom stereocenters. The highest BCUT2D eigenvalue weighted by Gasteiger charge is 2.69. The van der Waals surface area contributed by atoms with Gasteiger partial charge in [-0.3, -0.25) is 9.59 Å². The van der Waals surface area contributed by atoms with Crippen molar-refractivity contribution in [1.82, 2.24) is 10.6 Å². The Morgan fingerprint density at radius 3 is 2.32 bits per heavy atom. The average Bonchev–Trinajstić information content (AvgIpc) is 2.77. The van der Waals surface area contributed by atoms with Crippen LogP contribution in [0.5, 0.6) is 5.75 Å². The Morgan fingerprint density at radius 1 is 1.00 bits per heavy atom. The lowest BCUT2D eigenvalue weighted by molar-refractivity contribution is -0.152. The number of hydrogen-bond donors (Lipinski definition) is 2. The van der Waals surface area contributed by atoms with Gasteiger partial charge in [-0.15, -0.1) is 0 Å². The van der Waals surface area contributed by atoms with Crippen molar-refractivity contribution in [1.29, 1.82) is 0 Å². The van der Waals surface area contributed by atoms with Crippen LogP contribution in [0.2, 0.25) is 5.02 Å². The summed E-state index contributed by atoms with van der Waals surface area (Å²) in [5, 5.41) is 5.89. The summed E-state index contributed by atoms with van der Waals surface area (Å²) >= 11 is 5.63. The van der Waals surface area contributed by atoms with Gasteiger partial charge in [0.1, 0.15) is 18.2 Å². The molecule has 3 aliphatic carbocycles. The molecule has 2 bridgehead atoms. The van der Waals surface area contributed by atoms with Crippen LogP contribution in [0.25, 0.3) is 0 Å². The smallest absolute Gasteiger partial charge is 0.337 e. The summed E-state index contributed by atoms with van der Waals surface area (Å²) in [6.45, 7) is -0.176. The van der Waals surface area contributed by atoms with Gasteiger partial charge in [0, 0.05) is 17.1 Å². The number of benzene rings is 2.